The number of carboxylic acids is 1. The Labute approximate surface area is 90.1 Å². The predicted molar refractivity (Wildman–Crippen MR) is 49.2 cm³/mol. The number of carboxylic acid groups (broad SMARTS) is 1. The number of hydrogen-bond acceptors (Lipinski definition) is 6. The Balaban J connectivity index is 0. The van der Waals surface area contributed by atoms with Gasteiger partial charge >= 0.3 is 17.9 Å². The molecule has 0 bridgehead atoms. The van der Waals surface area contributed by atoms with E-state index in [0.29, 0.717) is 0 Å². The van der Waals surface area contributed by atoms with E-state index < -0.39 is 42.6 Å². The van der Waals surface area contributed by atoms with Crippen LogP contribution in [0.5, 0.6) is 0 Å². The topological polar surface area (TPSA) is 153 Å². The summed E-state index contributed by atoms with van der Waals surface area (Å²) in [6.07, 6.45) is -2.49. The molecule has 1 atom stereocenters. The zero-order valence-electron chi connectivity index (χ0n) is 8.17. The molecule has 0 aliphatic carbocycles. The molecule has 0 saturated carbocycles. The second-order valence-electron chi connectivity index (χ2n) is 2.58. The van der Waals surface area contributed by atoms with Crippen molar-refractivity contribution in [2.45, 2.75) is 12.5 Å². The van der Waals surface area contributed by atoms with Crippen molar-refractivity contribution in [3.05, 3.63) is 12.2 Å². The normalized spacial score (nSPS) is 10.9. The number of aliphatic carboxylic acids is 1. The van der Waals surface area contributed by atoms with Gasteiger partial charge < -0.3 is 25.5 Å². The lowest BCUT2D eigenvalue weighted by Gasteiger charge is -2.06. The molecule has 8 nitrogen and oxygen atoms in total. The van der Waals surface area contributed by atoms with E-state index in [2.05, 4.69) is 11.3 Å². The van der Waals surface area contributed by atoms with Gasteiger partial charge in [-0.3, -0.25) is 4.79 Å². The Morgan fingerprint density at radius 2 is 1.81 bits per heavy atom. The van der Waals surface area contributed by atoms with Gasteiger partial charge in [0.25, 0.3) is 0 Å². The van der Waals surface area contributed by atoms with Gasteiger partial charge in [-0.05, 0) is 0 Å². The lowest BCUT2D eigenvalue weighted by atomic mass is 10.2. The lowest BCUT2D eigenvalue weighted by Crippen LogP contribution is -2.29. The lowest BCUT2D eigenvalue weighted by molar-refractivity contribution is -0.165. The van der Waals surface area contributed by atoms with Crippen LogP contribution in [-0.2, 0) is 19.1 Å². The highest BCUT2D eigenvalue weighted by atomic mass is 16.6. The van der Waals surface area contributed by atoms with Gasteiger partial charge in [-0.2, -0.15) is 0 Å². The smallest absolute Gasteiger partial charge is 0.345 e. The molecule has 8 heteroatoms. The van der Waals surface area contributed by atoms with Gasteiger partial charge in [0.1, 0.15) is 0 Å². The van der Waals surface area contributed by atoms with Crippen molar-refractivity contribution in [3.63, 3.8) is 0 Å². The molecule has 5 N–H and O–H groups in total. The average molecular weight is 236 g/mol. The van der Waals surface area contributed by atoms with E-state index in [0.717, 1.165) is 0 Å². The molecule has 0 amide bonds. The molecule has 16 heavy (non-hydrogen) atoms. The molecule has 0 aliphatic heterocycles. The summed E-state index contributed by atoms with van der Waals surface area (Å²) in [5.74, 6) is -3.89. The number of rotatable bonds is 5. The summed E-state index contributed by atoms with van der Waals surface area (Å²) < 4.78 is 4.01. The third kappa shape index (κ3) is 5.86. The standard InChI is InChI=1S/C8H10O7.H2O/c1-4(2-6(11)12)7(13)15-8(14)5(10)3-9;/h5,9-10H,1-3H2,(H,11,12);1H2. The predicted octanol–water partition coefficient (Wildman–Crippen LogP) is -2.38. The van der Waals surface area contributed by atoms with Crippen LogP contribution < -0.4 is 0 Å². The maximum atomic E-state index is 10.9. The van der Waals surface area contributed by atoms with Crippen molar-refractivity contribution in [2.75, 3.05) is 6.61 Å². The van der Waals surface area contributed by atoms with E-state index in [-0.39, 0.29) is 5.48 Å². The molecule has 0 rings (SSSR count). The molecule has 0 aromatic carbocycles. The van der Waals surface area contributed by atoms with Crippen molar-refractivity contribution < 1.29 is 39.9 Å². The third-order valence-corrected chi connectivity index (χ3v) is 1.29. The maximum absolute atomic E-state index is 10.9. The summed E-state index contributed by atoms with van der Waals surface area (Å²) in [5, 5.41) is 25.3. The minimum Gasteiger partial charge on any atom is -0.481 e. The number of aliphatic hydroxyl groups excluding tert-OH is 2. The molecule has 0 saturated heterocycles. The summed E-state index contributed by atoms with van der Waals surface area (Å²) in [7, 11) is 0. The molecule has 92 valence electrons. The van der Waals surface area contributed by atoms with Crippen LogP contribution >= 0.6 is 0 Å². The van der Waals surface area contributed by atoms with Crippen LogP contribution in [0.2, 0.25) is 0 Å². The molecule has 0 aromatic heterocycles. The fraction of sp³-hybridized carbons (Fsp3) is 0.375. The first-order chi connectivity index (χ1) is 6.88. The van der Waals surface area contributed by atoms with Crippen molar-refractivity contribution in [1.29, 1.82) is 0 Å². The Morgan fingerprint density at radius 1 is 1.31 bits per heavy atom. The number of carbonyl (C=O) groups is 3. The summed E-state index contributed by atoms with van der Waals surface area (Å²) >= 11 is 0. The molecule has 0 aromatic rings. The summed E-state index contributed by atoms with van der Waals surface area (Å²) in [5.41, 5.74) is -0.430. The van der Waals surface area contributed by atoms with Crippen molar-refractivity contribution in [2.24, 2.45) is 0 Å². The van der Waals surface area contributed by atoms with E-state index >= 15 is 0 Å². The van der Waals surface area contributed by atoms with Crippen LogP contribution in [0.3, 0.4) is 0 Å². The van der Waals surface area contributed by atoms with Gasteiger partial charge in [0.15, 0.2) is 6.10 Å². The number of carbonyl (C=O) groups excluding carboxylic acids is 2. The number of ether oxygens (including phenoxy) is 1. The van der Waals surface area contributed by atoms with Crippen LogP contribution in [0.25, 0.3) is 0 Å². The monoisotopic (exact) mass is 236 g/mol. The third-order valence-electron chi connectivity index (χ3n) is 1.29. The van der Waals surface area contributed by atoms with E-state index in [4.69, 9.17) is 15.3 Å². The van der Waals surface area contributed by atoms with E-state index in [1.54, 1.807) is 0 Å². The van der Waals surface area contributed by atoms with Crippen molar-refractivity contribution in [1.82, 2.24) is 0 Å². The molecule has 0 fully saturated rings. The first-order valence-electron chi connectivity index (χ1n) is 3.83. The van der Waals surface area contributed by atoms with Crippen LogP contribution in [0, 0.1) is 0 Å². The van der Waals surface area contributed by atoms with E-state index in [1.165, 1.54) is 0 Å². The van der Waals surface area contributed by atoms with Gasteiger partial charge in [0.05, 0.1) is 13.0 Å². The Bertz CT molecular complexity index is 294. The first-order valence-corrected chi connectivity index (χ1v) is 3.83. The van der Waals surface area contributed by atoms with Crippen molar-refractivity contribution in [3.8, 4) is 0 Å². The highest BCUT2D eigenvalue weighted by molar-refractivity contribution is 5.99. The summed E-state index contributed by atoms with van der Waals surface area (Å²) in [4.78, 5) is 31.8. The van der Waals surface area contributed by atoms with Crippen LogP contribution in [0.1, 0.15) is 6.42 Å². The van der Waals surface area contributed by atoms with Crippen LogP contribution in [0.4, 0.5) is 0 Å². The zero-order chi connectivity index (χ0) is 12.0. The molecule has 0 aliphatic rings. The van der Waals surface area contributed by atoms with Crippen molar-refractivity contribution >= 4 is 17.9 Å². The Hall–Kier alpha value is -1.77. The van der Waals surface area contributed by atoms with Gasteiger partial charge in [-0.25, -0.2) is 9.59 Å². The average Bonchev–Trinajstić information content (AvgIpc) is 2.15. The highest BCUT2D eigenvalue weighted by Gasteiger charge is 2.21. The largest absolute Gasteiger partial charge is 0.481 e. The molecule has 1 unspecified atom stereocenters. The Morgan fingerprint density at radius 3 is 2.19 bits per heavy atom. The molecule has 0 heterocycles. The first kappa shape index (κ1) is 16.7. The number of aliphatic hydroxyl groups is 2. The van der Waals surface area contributed by atoms with Gasteiger partial charge in [-0.1, -0.05) is 6.58 Å². The minimum absolute atomic E-state index is 0. The van der Waals surface area contributed by atoms with Gasteiger partial charge in [-0.15, -0.1) is 0 Å². The van der Waals surface area contributed by atoms with Gasteiger partial charge in [0, 0.05) is 5.57 Å². The van der Waals surface area contributed by atoms with E-state index in [9.17, 15) is 14.4 Å². The highest BCUT2D eigenvalue weighted by Crippen LogP contribution is 2.02. The molecule has 0 radical (unpaired) electrons. The zero-order valence-corrected chi connectivity index (χ0v) is 8.17. The fourth-order valence-electron chi connectivity index (χ4n) is 0.561. The van der Waals surface area contributed by atoms with Gasteiger partial charge in [0.2, 0.25) is 0 Å². The SMILES string of the molecule is C=C(CC(=O)O)C(=O)OC(=O)C(O)CO.O. The molecular weight excluding hydrogens is 224 g/mol. The molecule has 0 spiro atoms. The fourth-order valence-corrected chi connectivity index (χ4v) is 0.561. The van der Waals surface area contributed by atoms with E-state index in [1.807, 2.05) is 0 Å². The summed E-state index contributed by atoms with van der Waals surface area (Å²) in [6, 6.07) is 0. The second kappa shape index (κ2) is 7.51. The molecular formula is C8H12O8. The van der Waals surface area contributed by atoms with Crippen LogP contribution in [0.15, 0.2) is 12.2 Å². The number of hydrogen-bond donors (Lipinski definition) is 3. The minimum atomic E-state index is -1.83. The Kier molecular flexibility index (Phi) is 7.82. The second-order valence-corrected chi connectivity index (χ2v) is 2.58. The number of esters is 2. The van der Waals surface area contributed by atoms with Crippen LogP contribution in [-0.4, -0.2) is 51.4 Å². The summed E-state index contributed by atoms with van der Waals surface area (Å²) in [6.45, 7) is 2.19. The maximum Gasteiger partial charge on any atom is 0.345 e. The quantitative estimate of drug-likeness (QED) is 0.273.